The number of hydrogen-bond donors (Lipinski definition) is 9. The van der Waals surface area contributed by atoms with Gasteiger partial charge in [0, 0.05) is 0 Å². The molecule has 15 nitrogen and oxygen atoms in total. The molecule has 0 radical (unpaired) electrons. The van der Waals surface area contributed by atoms with Crippen LogP contribution in [0.1, 0.15) is 0 Å². The van der Waals surface area contributed by atoms with E-state index in [4.69, 9.17) is 15.9 Å². The quantitative estimate of drug-likeness (QED) is 0.149. The zero-order valence-electron chi connectivity index (χ0n) is 14.6. The van der Waals surface area contributed by atoms with E-state index in [1.54, 1.807) is 5.32 Å². The fourth-order valence-electron chi connectivity index (χ4n) is 1.60. The zero-order chi connectivity index (χ0) is 21.7. The molecule has 28 heavy (non-hydrogen) atoms. The molecule has 0 aromatic heterocycles. The van der Waals surface area contributed by atoms with Crippen LogP contribution in [0.5, 0.6) is 0 Å². The van der Waals surface area contributed by atoms with E-state index in [1.807, 2.05) is 10.6 Å². The maximum absolute atomic E-state index is 12.0. The number of carbonyl (C=O) groups excluding carboxylic acids is 5. The fraction of sp³-hybridized carbons (Fsp3) is 0.538. The van der Waals surface area contributed by atoms with Gasteiger partial charge in [0.05, 0.1) is 26.3 Å². The van der Waals surface area contributed by atoms with Gasteiger partial charge in [-0.3, -0.25) is 24.0 Å². The summed E-state index contributed by atoms with van der Waals surface area (Å²) in [6.45, 7) is -3.43. The Morgan fingerprint density at radius 1 is 0.714 bits per heavy atom. The monoisotopic (exact) mass is 406 g/mol. The topological polar surface area (TPSA) is 249 Å². The minimum Gasteiger partial charge on any atom is -0.465 e. The van der Waals surface area contributed by atoms with Crippen LogP contribution in [0.3, 0.4) is 0 Å². The second kappa shape index (κ2) is 12.8. The summed E-state index contributed by atoms with van der Waals surface area (Å²) in [6.07, 6.45) is -1.47. The number of carbonyl (C=O) groups is 6. The van der Waals surface area contributed by atoms with Crippen molar-refractivity contribution >= 4 is 35.6 Å². The predicted octanol–water partition coefficient (Wildman–Crippen LogP) is -6.07. The molecule has 0 saturated carbocycles. The van der Waals surface area contributed by atoms with Crippen molar-refractivity contribution in [1.29, 1.82) is 0 Å². The minimum atomic E-state index is -1.52. The minimum absolute atomic E-state index is 0.441. The van der Waals surface area contributed by atoms with E-state index in [0.717, 1.165) is 0 Å². The third-order valence-electron chi connectivity index (χ3n) is 2.93. The lowest BCUT2D eigenvalue weighted by atomic mass is 10.2. The molecule has 0 spiro atoms. The highest BCUT2D eigenvalue weighted by Crippen LogP contribution is 1.89. The second-order valence-corrected chi connectivity index (χ2v) is 5.17. The molecule has 0 unspecified atom stereocenters. The van der Waals surface area contributed by atoms with Crippen LogP contribution < -0.4 is 32.3 Å². The van der Waals surface area contributed by atoms with Crippen molar-refractivity contribution in [2.45, 2.75) is 12.1 Å². The molecule has 0 rings (SSSR count). The summed E-state index contributed by atoms with van der Waals surface area (Å²) in [5, 5.41) is 36.7. The standard InChI is InChI=1S/C13H22N6O9/c14-8(22)1-15-9(23)2-16-11(25)6(4-20)19-12(26)7(5-21)18-10(24)3-17-13(27)28/h6-7,17,20-21H,1-5H2,(H2,14,22)(H,15,23)(H,16,25)(H,18,24)(H,19,26)(H,27,28)/t6-,7-/m0/s1. The van der Waals surface area contributed by atoms with Crippen LogP contribution in [0, 0.1) is 0 Å². The normalized spacial score (nSPS) is 12.1. The van der Waals surface area contributed by atoms with Gasteiger partial charge in [-0.15, -0.1) is 0 Å². The first-order valence-corrected chi connectivity index (χ1v) is 7.71. The SMILES string of the molecule is NC(=O)CNC(=O)CNC(=O)[C@H](CO)NC(=O)[C@H](CO)NC(=O)CNC(=O)O. The molecule has 0 aliphatic carbocycles. The summed E-state index contributed by atoms with van der Waals surface area (Å²) in [5.41, 5.74) is 4.83. The number of primary amides is 1. The fourth-order valence-corrected chi connectivity index (χ4v) is 1.60. The van der Waals surface area contributed by atoms with Gasteiger partial charge in [-0.25, -0.2) is 4.79 Å². The molecule has 0 heterocycles. The Kier molecular flexibility index (Phi) is 11.2. The van der Waals surface area contributed by atoms with Crippen molar-refractivity contribution in [3.63, 3.8) is 0 Å². The van der Waals surface area contributed by atoms with Crippen molar-refractivity contribution in [1.82, 2.24) is 26.6 Å². The third-order valence-corrected chi connectivity index (χ3v) is 2.93. The summed E-state index contributed by atoms with van der Waals surface area (Å²) in [6, 6.07) is -3.04. The van der Waals surface area contributed by atoms with Crippen molar-refractivity contribution in [3.05, 3.63) is 0 Å². The number of amides is 6. The van der Waals surface area contributed by atoms with Crippen LogP contribution >= 0.6 is 0 Å². The van der Waals surface area contributed by atoms with Crippen molar-refractivity contribution in [2.75, 3.05) is 32.8 Å². The van der Waals surface area contributed by atoms with E-state index >= 15 is 0 Å². The maximum atomic E-state index is 12.0. The van der Waals surface area contributed by atoms with Gasteiger partial charge >= 0.3 is 6.09 Å². The largest absolute Gasteiger partial charge is 0.465 e. The molecule has 6 amide bonds. The smallest absolute Gasteiger partial charge is 0.405 e. The lowest BCUT2D eigenvalue weighted by molar-refractivity contribution is -0.134. The number of nitrogens with two attached hydrogens (primary N) is 1. The van der Waals surface area contributed by atoms with Gasteiger partial charge in [-0.2, -0.15) is 0 Å². The highest BCUT2D eigenvalue weighted by atomic mass is 16.4. The van der Waals surface area contributed by atoms with E-state index in [9.17, 15) is 33.9 Å². The maximum Gasteiger partial charge on any atom is 0.405 e. The van der Waals surface area contributed by atoms with E-state index in [0.29, 0.717) is 0 Å². The third kappa shape index (κ3) is 10.5. The van der Waals surface area contributed by atoms with E-state index in [1.165, 1.54) is 0 Å². The Labute approximate surface area is 158 Å². The molecule has 0 aliphatic heterocycles. The van der Waals surface area contributed by atoms with Gasteiger partial charge in [-0.05, 0) is 0 Å². The average Bonchev–Trinajstić information content (AvgIpc) is 2.64. The molecule has 0 aromatic rings. The summed E-state index contributed by atoms with van der Waals surface area (Å²) >= 11 is 0. The van der Waals surface area contributed by atoms with Gasteiger partial charge in [0.25, 0.3) is 0 Å². The number of nitrogens with one attached hydrogen (secondary N) is 5. The molecular formula is C13H22N6O9. The lowest BCUT2D eigenvalue weighted by Gasteiger charge is -2.20. The lowest BCUT2D eigenvalue weighted by Crippen LogP contribution is -2.57. The molecule has 15 heteroatoms. The first-order chi connectivity index (χ1) is 13.1. The average molecular weight is 406 g/mol. The Hall–Kier alpha value is -3.46. The summed E-state index contributed by atoms with van der Waals surface area (Å²) in [4.78, 5) is 67.5. The van der Waals surface area contributed by atoms with E-state index in [-0.39, 0.29) is 0 Å². The van der Waals surface area contributed by atoms with Crippen LogP contribution in [0.15, 0.2) is 0 Å². The van der Waals surface area contributed by atoms with E-state index < -0.39 is 80.6 Å². The molecule has 0 aromatic carbocycles. The molecule has 0 aliphatic rings. The molecule has 2 atom stereocenters. The molecule has 10 N–H and O–H groups in total. The summed E-state index contributed by atoms with van der Waals surface area (Å²) < 4.78 is 0. The van der Waals surface area contributed by atoms with Crippen LogP contribution in [0.25, 0.3) is 0 Å². The van der Waals surface area contributed by atoms with Crippen molar-refractivity contribution in [3.8, 4) is 0 Å². The highest BCUT2D eigenvalue weighted by Gasteiger charge is 2.26. The zero-order valence-corrected chi connectivity index (χ0v) is 14.6. The Morgan fingerprint density at radius 3 is 1.75 bits per heavy atom. The van der Waals surface area contributed by atoms with Crippen molar-refractivity contribution < 1.29 is 44.1 Å². The number of aliphatic hydroxyl groups is 2. The van der Waals surface area contributed by atoms with Gasteiger partial charge in [0.15, 0.2) is 0 Å². The number of carboxylic acid groups (broad SMARTS) is 1. The number of aliphatic hydroxyl groups excluding tert-OH is 2. The van der Waals surface area contributed by atoms with Gasteiger partial charge < -0.3 is 47.6 Å². The van der Waals surface area contributed by atoms with Crippen LogP contribution in [0.4, 0.5) is 4.79 Å². The second-order valence-electron chi connectivity index (χ2n) is 5.17. The molecule has 0 saturated heterocycles. The Morgan fingerprint density at radius 2 is 1.25 bits per heavy atom. The Balaban J connectivity index is 4.58. The summed E-state index contributed by atoms with van der Waals surface area (Å²) in [5.74, 6) is -4.47. The van der Waals surface area contributed by atoms with Gasteiger partial charge in [-0.1, -0.05) is 0 Å². The predicted molar refractivity (Wildman–Crippen MR) is 89.3 cm³/mol. The first-order valence-electron chi connectivity index (χ1n) is 7.71. The molecule has 0 bridgehead atoms. The van der Waals surface area contributed by atoms with Gasteiger partial charge in [0.1, 0.15) is 18.6 Å². The van der Waals surface area contributed by atoms with Crippen LogP contribution in [-0.4, -0.2) is 95.9 Å². The van der Waals surface area contributed by atoms with Crippen molar-refractivity contribution in [2.24, 2.45) is 5.73 Å². The summed E-state index contributed by atoms with van der Waals surface area (Å²) in [7, 11) is 0. The van der Waals surface area contributed by atoms with Crippen LogP contribution in [-0.2, 0) is 24.0 Å². The molecule has 0 fully saturated rings. The Bertz CT molecular complexity index is 611. The number of hydrogen-bond acceptors (Lipinski definition) is 8. The van der Waals surface area contributed by atoms with Crippen LogP contribution in [0.2, 0.25) is 0 Å². The first kappa shape index (κ1) is 24.5. The molecule has 158 valence electrons. The van der Waals surface area contributed by atoms with E-state index in [2.05, 4.69) is 10.6 Å². The van der Waals surface area contributed by atoms with Gasteiger partial charge in [0.2, 0.25) is 29.5 Å². The highest BCUT2D eigenvalue weighted by molar-refractivity contribution is 5.94. The number of rotatable bonds is 12. The molecular weight excluding hydrogens is 384 g/mol.